The number of amides is 1. The number of thioether (sulfide) groups is 1. The van der Waals surface area contributed by atoms with E-state index >= 15 is 0 Å². The average Bonchev–Trinajstić information content (AvgIpc) is 2.97. The minimum absolute atomic E-state index is 0.0291. The number of H-pyrrole nitrogens is 1. The van der Waals surface area contributed by atoms with Gasteiger partial charge in [-0.2, -0.15) is 5.10 Å². The fourth-order valence-electron chi connectivity index (χ4n) is 2.03. The van der Waals surface area contributed by atoms with Gasteiger partial charge in [-0.1, -0.05) is 53.4 Å². The third-order valence-corrected chi connectivity index (χ3v) is 5.45. The summed E-state index contributed by atoms with van der Waals surface area (Å²) >= 11 is 7.75. The molecule has 0 fully saturated rings. The highest BCUT2D eigenvalue weighted by Gasteiger charge is 2.13. The summed E-state index contributed by atoms with van der Waals surface area (Å²) in [5, 5.41) is 9.04. The van der Waals surface area contributed by atoms with E-state index in [4.69, 9.17) is 12.2 Å². The van der Waals surface area contributed by atoms with Gasteiger partial charge in [-0.15, -0.1) is 0 Å². The largest absolute Gasteiger partial charge is 0.315 e. The number of carbonyl (C=O) groups excluding carboxylic acids is 1. The van der Waals surface area contributed by atoms with E-state index in [1.807, 2.05) is 36.4 Å². The Labute approximate surface area is 141 Å². The highest BCUT2D eigenvalue weighted by atomic mass is 32.2. The van der Waals surface area contributed by atoms with Crippen molar-refractivity contribution in [1.82, 2.24) is 10.2 Å². The molecule has 1 amide bonds. The maximum atomic E-state index is 12.3. The molecule has 0 spiro atoms. The fourth-order valence-corrected chi connectivity index (χ4v) is 4.02. The van der Waals surface area contributed by atoms with Crippen LogP contribution < -0.4 is 4.90 Å². The van der Waals surface area contributed by atoms with Crippen LogP contribution in [0.4, 0.5) is 5.69 Å². The first-order valence-corrected chi connectivity index (χ1v) is 8.78. The second-order valence-corrected chi connectivity index (χ2v) is 7.54. The van der Waals surface area contributed by atoms with Gasteiger partial charge in [-0.25, -0.2) is 0 Å². The fraction of sp³-hybridized carbons (Fsp3) is 0.133. The van der Waals surface area contributed by atoms with Gasteiger partial charge in [-0.05, 0) is 35.1 Å². The summed E-state index contributed by atoms with van der Waals surface area (Å²) in [6, 6.07) is 14.1. The zero-order chi connectivity index (χ0) is 15.5. The Kier molecular flexibility index (Phi) is 4.56. The minimum atomic E-state index is 0.0291. The van der Waals surface area contributed by atoms with Crippen LogP contribution in [0.2, 0.25) is 0 Å². The van der Waals surface area contributed by atoms with Gasteiger partial charge in [0.15, 0.2) is 8.29 Å². The second kappa shape index (κ2) is 6.60. The van der Waals surface area contributed by atoms with Crippen molar-refractivity contribution >= 4 is 57.7 Å². The molecule has 2 aromatic carbocycles. The molecule has 1 heterocycles. The van der Waals surface area contributed by atoms with E-state index in [9.17, 15) is 4.79 Å². The van der Waals surface area contributed by atoms with Crippen LogP contribution in [-0.4, -0.2) is 28.9 Å². The number of aromatic nitrogens is 2. The van der Waals surface area contributed by atoms with E-state index in [1.54, 1.807) is 11.9 Å². The quantitative estimate of drug-likeness (QED) is 0.570. The zero-order valence-electron chi connectivity index (χ0n) is 11.8. The van der Waals surface area contributed by atoms with E-state index in [2.05, 4.69) is 16.3 Å². The summed E-state index contributed by atoms with van der Waals surface area (Å²) in [6.07, 6.45) is 0. The summed E-state index contributed by atoms with van der Waals surface area (Å²) in [7, 11) is 1.79. The smallest absolute Gasteiger partial charge is 0.237 e. The van der Waals surface area contributed by atoms with Crippen LogP contribution in [0, 0.1) is 3.95 Å². The number of hydrogen-bond donors (Lipinski definition) is 1. The molecule has 7 heteroatoms. The molecule has 22 heavy (non-hydrogen) atoms. The van der Waals surface area contributed by atoms with Crippen molar-refractivity contribution in [3.05, 3.63) is 46.4 Å². The van der Waals surface area contributed by atoms with Crippen LogP contribution in [0.3, 0.4) is 0 Å². The van der Waals surface area contributed by atoms with Crippen molar-refractivity contribution in [2.24, 2.45) is 0 Å². The standard InChI is InChI=1S/C15H13N3OS3/c1-18(13(19)9-21-15-17-16-14(20)22-15)12-7-6-10-4-2-3-5-11(10)8-12/h2-8H,9H2,1H3,(H,16,20). The summed E-state index contributed by atoms with van der Waals surface area (Å²) in [5.74, 6) is 0.362. The van der Waals surface area contributed by atoms with Crippen molar-refractivity contribution in [3.8, 4) is 0 Å². The minimum Gasteiger partial charge on any atom is -0.315 e. The van der Waals surface area contributed by atoms with E-state index < -0.39 is 0 Å². The van der Waals surface area contributed by atoms with Gasteiger partial charge in [0.2, 0.25) is 5.91 Å². The van der Waals surface area contributed by atoms with Crippen LogP contribution in [0.1, 0.15) is 0 Å². The molecule has 0 unspecified atom stereocenters. The first kappa shape index (κ1) is 15.2. The van der Waals surface area contributed by atoms with Crippen molar-refractivity contribution in [2.45, 2.75) is 4.34 Å². The van der Waals surface area contributed by atoms with Crippen LogP contribution in [0.15, 0.2) is 46.8 Å². The van der Waals surface area contributed by atoms with Gasteiger partial charge in [0.05, 0.1) is 5.75 Å². The lowest BCUT2D eigenvalue weighted by atomic mass is 10.1. The molecule has 1 aromatic heterocycles. The maximum Gasteiger partial charge on any atom is 0.237 e. The number of nitrogens with zero attached hydrogens (tertiary/aromatic N) is 2. The Morgan fingerprint density at radius 3 is 2.82 bits per heavy atom. The summed E-state index contributed by atoms with van der Waals surface area (Å²) < 4.78 is 1.41. The highest BCUT2D eigenvalue weighted by molar-refractivity contribution is 8.01. The van der Waals surface area contributed by atoms with Gasteiger partial charge in [-0.3, -0.25) is 9.89 Å². The van der Waals surface area contributed by atoms with Crippen molar-refractivity contribution < 1.29 is 4.79 Å². The molecular formula is C15H13N3OS3. The average molecular weight is 347 g/mol. The molecule has 0 bridgehead atoms. The number of anilines is 1. The molecule has 4 nitrogen and oxygen atoms in total. The van der Waals surface area contributed by atoms with E-state index in [0.29, 0.717) is 9.71 Å². The summed E-state index contributed by atoms with van der Waals surface area (Å²) in [4.78, 5) is 14.0. The first-order chi connectivity index (χ1) is 10.6. The molecule has 0 aliphatic rings. The Morgan fingerprint density at radius 2 is 2.09 bits per heavy atom. The molecule has 0 saturated carbocycles. The monoisotopic (exact) mass is 347 g/mol. The van der Waals surface area contributed by atoms with E-state index in [-0.39, 0.29) is 5.91 Å². The van der Waals surface area contributed by atoms with Crippen molar-refractivity contribution in [2.75, 3.05) is 17.7 Å². The lowest BCUT2D eigenvalue weighted by molar-refractivity contribution is -0.115. The third-order valence-electron chi connectivity index (χ3n) is 3.23. The van der Waals surface area contributed by atoms with Crippen LogP contribution in [0.25, 0.3) is 10.8 Å². The highest BCUT2D eigenvalue weighted by Crippen LogP contribution is 2.24. The number of rotatable bonds is 4. The first-order valence-electron chi connectivity index (χ1n) is 6.57. The SMILES string of the molecule is CN(C(=O)CSc1n[nH]c(=S)s1)c1ccc2ccccc2c1. The molecular weight excluding hydrogens is 334 g/mol. The molecule has 0 saturated heterocycles. The maximum absolute atomic E-state index is 12.3. The van der Waals surface area contributed by atoms with E-state index in [1.165, 1.54) is 23.1 Å². The molecule has 0 atom stereocenters. The summed E-state index contributed by atoms with van der Waals surface area (Å²) in [6.45, 7) is 0. The van der Waals surface area contributed by atoms with Crippen LogP contribution >= 0.6 is 35.3 Å². The lowest BCUT2D eigenvalue weighted by Crippen LogP contribution is -2.27. The van der Waals surface area contributed by atoms with Gasteiger partial charge < -0.3 is 4.90 Å². The predicted molar refractivity (Wildman–Crippen MR) is 95.4 cm³/mol. The van der Waals surface area contributed by atoms with Gasteiger partial charge in [0.1, 0.15) is 0 Å². The number of benzene rings is 2. The van der Waals surface area contributed by atoms with Gasteiger partial charge in [0, 0.05) is 12.7 Å². The molecule has 1 N–H and O–H groups in total. The van der Waals surface area contributed by atoms with Crippen LogP contribution in [-0.2, 0) is 4.79 Å². The number of carbonyl (C=O) groups is 1. The van der Waals surface area contributed by atoms with Crippen LogP contribution in [0.5, 0.6) is 0 Å². The van der Waals surface area contributed by atoms with Crippen molar-refractivity contribution in [1.29, 1.82) is 0 Å². The Morgan fingerprint density at radius 1 is 1.32 bits per heavy atom. The molecule has 0 aliphatic carbocycles. The summed E-state index contributed by atoms with van der Waals surface area (Å²) in [5.41, 5.74) is 0.888. The van der Waals surface area contributed by atoms with Gasteiger partial charge >= 0.3 is 0 Å². The number of nitrogens with one attached hydrogen (secondary N) is 1. The topological polar surface area (TPSA) is 49.0 Å². The Hall–Kier alpha value is -1.70. The molecule has 3 aromatic rings. The predicted octanol–water partition coefficient (Wildman–Crippen LogP) is 4.11. The number of aromatic amines is 1. The Bertz CT molecular complexity index is 871. The van der Waals surface area contributed by atoms with Crippen molar-refractivity contribution in [3.63, 3.8) is 0 Å². The van der Waals surface area contributed by atoms with E-state index in [0.717, 1.165) is 20.8 Å². The molecule has 0 aliphatic heterocycles. The lowest BCUT2D eigenvalue weighted by Gasteiger charge is -2.17. The molecule has 0 radical (unpaired) electrons. The normalized spacial score (nSPS) is 10.8. The number of hydrogen-bond acceptors (Lipinski definition) is 5. The Balaban J connectivity index is 1.72. The zero-order valence-corrected chi connectivity index (χ0v) is 14.2. The second-order valence-electron chi connectivity index (χ2n) is 4.65. The molecule has 3 rings (SSSR count). The van der Waals surface area contributed by atoms with Gasteiger partial charge in [0.25, 0.3) is 0 Å². The number of fused-ring (bicyclic) bond motifs is 1. The third kappa shape index (κ3) is 3.37. The molecule has 112 valence electrons.